The zero-order valence-electron chi connectivity index (χ0n) is 11.3. The van der Waals surface area contributed by atoms with Crippen LogP contribution in [0.25, 0.3) is 0 Å². The fraction of sp³-hybridized carbons (Fsp3) is 0.357. The molecule has 0 fully saturated rings. The molecule has 1 aromatic carbocycles. The van der Waals surface area contributed by atoms with Gasteiger partial charge >= 0.3 is 0 Å². The van der Waals surface area contributed by atoms with Gasteiger partial charge in [-0.05, 0) is 45.0 Å². The Kier molecular flexibility index (Phi) is 3.28. The minimum atomic E-state index is -0.168. The average Bonchev–Trinajstić information content (AvgIpc) is 2.65. The van der Waals surface area contributed by atoms with Crippen LogP contribution in [0, 0.1) is 0 Å². The SMILES string of the molecule is Cn1cc(Nc2ccc(OC(C)(C)C)cc2)cn1. The summed E-state index contributed by atoms with van der Waals surface area (Å²) in [4.78, 5) is 0. The van der Waals surface area contributed by atoms with E-state index in [1.807, 2.05) is 58.3 Å². The molecule has 0 unspecified atom stereocenters. The summed E-state index contributed by atoms with van der Waals surface area (Å²) < 4.78 is 7.53. The standard InChI is InChI=1S/C14H19N3O/c1-14(2,3)18-13-7-5-11(6-8-13)16-12-9-15-17(4)10-12/h5-10,16H,1-4H3. The maximum absolute atomic E-state index is 5.77. The molecule has 96 valence electrons. The summed E-state index contributed by atoms with van der Waals surface area (Å²) in [6.45, 7) is 6.11. The van der Waals surface area contributed by atoms with Crippen molar-refractivity contribution in [1.29, 1.82) is 0 Å². The summed E-state index contributed by atoms with van der Waals surface area (Å²) in [6, 6.07) is 7.91. The fourth-order valence-electron chi connectivity index (χ4n) is 1.61. The molecule has 1 aromatic heterocycles. The van der Waals surface area contributed by atoms with Crippen LogP contribution in [0.4, 0.5) is 11.4 Å². The third kappa shape index (κ3) is 3.52. The number of ether oxygens (including phenoxy) is 1. The quantitative estimate of drug-likeness (QED) is 0.901. The Bertz CT molecular complexity index is 509. The van der Waals surface area contributed by atoms with Crippen molar-refractivity contribution >= 4 is 11.4 Å². The number of nitrogens with one attached hydrogen (secondary N) is 1. The lowest BCUT2D eigenvalue weighted by Crippen LogP contribution is -2.22. The number of hydrogen-bond acceptors (Lipinski definition) is 3. The number of anilines is 2. The van der Waals surface area contributed by atoms with Gasteiger partial charge in [0, 0.05) is 18.9 Å². The lowest BCUT2D eigenvalue weighted by atomic mass is 10.2. The van der Waals surface area contributed by atoms with E-state index in [4.69, 9.17) is 4.74 Å². The maximum Gasteiger partial charge on any atom is 0.120 e. The number of aromatic nitrogens is 2. The minimum absolute atomic E-state index is 0.168. The van der Waals surface area contributed by atoms with Gasteiger partial charge in [0.15, 0.2) is 0 Å². The molecule has 0 aliphatic carbocycles. The van der Waals surface area contributed by atoms with E-state index < -0.39 is 0 Å². The van der Waals surface area contributed by atoms with Crippen molar-refractivity contribution < 1.29 is 4.74 Å². The monoisotopic (exact) mass is 245 g/mol. The predicted molar refractivity (Wildman–Crippen MR) is 73.3 cm³/mol. The van der Waals surface area contributed by atoms with Crippen molar-refractivity contribution in [3.8, 4) is 5.75 Å². The van der Waals surface area contributed by atoms with E-state index in [1.165, 1.54) is 0 Å². The molecular weight excluding hydrogens is 226 g/mol. The Hall–Kier alpha value is -1.97. The second-order valence-corrected chi connectivity index (χ2v) is 5.27. The first-order chi connectivity index (χ1) is 8.42. The van der Waals surface area contributed by atoms with E-state index in [0.29, 0.717) is 0 Å². The van der Waals surface area contributed by atoms with Crippen LogP contribution in [0.3, 0.4) is 0 Å². The smallest absolute Gasteiger partial charge is 0.120 e. The molecule has 0 aliphatic rings. The summed E-state index contributed by atoms with van der Waals surface area (Å²) in [5.41, 5.74) is 1.82. The topological polar surface area (TPSA) is 39.1 Å². The van der Waals surface area contributed by atoms with Gasteiger partial charge in [-0.2, -0.15) is 5.10 Å². The van der Waals surface area contributed by atoms with E-state index in [-0.39, 0.29) is 5.60 Å². The Morgan fingerprint density at radius 1 is 1.11 bits per heavy atom. The summed E-state index contributed by atoms with van der Waals surface area (Å²) >= 11 is 0. The molecule has 4 nitrogen and oxygen atoms in total. The summed E-state index contributed by atoms with van der Waals surface area (Å²) in [5, 5.41) is 7.38. The molecular formula is C14H19N3O. The zero-order chi connectivity index (χ0) is 13.2. The third-order valence-corrected chi connectivity index (χ3v) is 2.27. The van der Waals surface area contributed by atoms with Gasteiger partial charge in [0.1, 0.15) is 11.4 Å². The number of hydrogen-bond donors (Lipinski definition) is 1. The molecule has 0 saturated carbocycles. The normalized spacial score (nSPS) is 11.3. The zero-order valence-corrected chi connectivity index (χ0v) is 11.3. The molecule has 2 aromatic rings. The lowest BCUT2D eigenvalue weighted by molar-refractivity contribution is 0.131. The Balaban J connectivity index is 2.04. The molecule has 1 heterocycles. The van der Waals surface area contributed by atoms with Crippen LogP contribution in [0.15, 0.2) is 36.7 Å². The molecule has 4 heteroatoms. The highest BCUT2D eigenvalue weighted by Crippen LogP contribution is 2.22. The Morgan fingerprint density at radius 3 is 2.28 bits per heavy atom. The van der Waals surface area contributed by atoms with Gasteiger partial charge in [0.25, 0.3) is 0 Å². The second kappa shape index (κ2) is 4.72. The largest absolute Gasteiger partial charge is 0.488 e. The highest BCUT2D eigenvalue weighted by atomic mass is 16.5. The van der Waals surface area contributed by atoms with E-state index >= 15 is 0 Å². The Morgan fingerprint density at radius 2 is 1.78 bits per heavy atom. The highest BCUT2D eigenvalue weighted by molar-refractivity contribution is 5.58. The first-order valence-corrected chi connectivity index (χ1v) is 5.97. The van der Waals surface area contributed by atoms with Crippen molar-refractivity contribution in [2.75, 3.05) is 5.32 Å². The first-order valence-electron chi connectivity index (χ1n) is 5.97. The van der Waals surface area contributed by atoms with Crippen molar-refractivity contribution in [2.24, 2.45) is 7.05 Å². The fourth-order valence-corrected chi connectivity index (χ4v) is 1.61. The number of rotatable bonds is 3. The van der Waals surface area contributed by atoms with Gasteiger partial charge in [-0.25, -0.2) is 0 Å². The summed E-state index contributed by atoms with van der Waals surface area (Å²) in [6.07, 6.45) is 3.72. The summed E-state index contributed by atoms with van der Waals surface area (Å²) in [7, 11) is 1.89. The van der Waals surface area contributed by atoms with Crippen molar-refractivity contribution in [3.63, 3.8) is 0 Å². The summed E-state index contributed by atoms with van der Waals surface area (Å²) in [5.74, 6) is 0.874. The first kappa shape index (κ1) is 12.5. The molecule has 2 rings (SSSR count). The van der Waals surface area contributed by atoms with E-state index in [9.17, 15) is 0 Å². The van der Waals surface area contributed by atoms with Gasteiger partial charge in [0.05, 0.1) is 11.9 Å². The van der Waals surface area contributed by atoms with E-state index in [0.717, 1.165) is 17.1 Å². The van der Waals surface area contributed by atoms with Crippen molar-refractivity contribution in [1.82, 2.24) is 9.78 Å². The van der Waals surface area contributed by atoms with Crippen molar-refractivity contribution in [3.05, 3.63) is 36.7 Å². The number of nitrogens with zero attached hydrogens (tertiary/aromatic N) is 2. The van der Waals surface area contributed by atoms with Gasteiger partial charge in [-0.3, -0.25) is 4.68 Å². The van der Waals surface area contributed by atoms with Crippen LogP contribution in [-0.4, -0.2) is 15.4 Å². The van der Waals surface area contributed by atoms with Crippen LogP contribution < -0.4 is 10.1 Å². The molecule has 0 atom stereocenters. The second-order valence-electron chi connectivity index (χ2n) is 5.27. The van der Waals surface area contributed by atoms with Crippen LogP contribution in [0.1, 0.15) is 20.8 Å². The average molecular weight is 245 g/mol. The highest BCUT2D eigenvalue weighted by Gasteiger charge is 2.11. The Labute approximate surface area is 108 Å². The molecule has 0 aliphatic heterocycles. The van der Waals surface area contributed by atoms with Gasteiger partial charge in [0.2, 0.25) is 0 Å². The van der Waals surface area contributed by atoms with E-state index in [2.05, 4.69) is 10.4 Å². The molecule has 0 radical (unpaired) electrons. The third-order valence-electron chi connectivity index (χ3n) is 2.27. The van der Waals surface area contributed by atoms with Crippen LogP contribution in [0.5, 0.6) is 5.75 Å². The predicted octanol–water partition coefficient (Wildman–Crippen LogP) is 3.34. The van der Waals surface area contributed by atoms with Crippen LogP contribution in [-0.2, 0) is 7.05 Å². The maximum atomic E-state index is 5.77. The molecule has 0 spiro atoms. The van der Waals surface area contributed by atoms with Crippen molar-refractivity contribution in [2.45, 2.75) is 26.4 Å². The number of benzene rings is 1. The van der Waals surface area contributed by atoms with Crippen LogP contribution >= 0.6 is 0 Å². The van der Waals surface area contributed by atoms with Gasteiger partial charge in [-0.1, -0.05) is 0 Å². The van der Waals surface area contributed by atoms with E-state index in [1.54, 1.807) is 10.9 Å². The van der Waals surface area contributed by atoms with Gasteiger partial charge < -0.3 is 10.1 Å². The number of aryl methyl sites for hydroxylation is 1. The van der Waals surface area contributed by atoms with Gasteiger partial charge in [-0.15, -0.1) is 0 Å². The lowest BCUT2D eigenvalue weighted by Gasteiger charge is -2.21. The minimum Gasteiger partial charge on any atom is -0.488 e. The molecule has 18 heavy (non-hydrogen) atoms. The molecule has 0 bridgehead atoms. The molecule has 0 amide bonds. The molecule has 1 N–H and O–H groups in total. The molecule has 0 saturated heterocycles. The van der Waals surface area contributed by atoms with Crippen LogP contribution in [0.2, 0.25) is 0 Å².